The lowest BCUT2D eigenvalue weighted by molar-refractivity contribution is 0.580. The van der Waals surface area contributed by atoms with Crippen molar-refractivity contribution in [3.8, 4) is 0 Å². The Morgan fingerprint density at radius 3 is 2.53 bits per heavy atom. The molecular formula is C12H20N2O2S. The molecule has 0 aliphatic carbocycles. The summed E-state index contributed by atoms with van der Waals surface area (Å²) in [5.41, 5.74) is 0.807. The van der Waals surface area contributed by atoms with Crippen molar-refractivity contribution in [2.75, 3.05) is 13.1 Å². The minimum Gasteiger partial charge on any atom is -0.313 e. The van der Waals surface area contributed by atoms with Gasteiger partial charge in [0.15, 0.2) is 0 Å². The Morgan fingerprint density at radius 2 is 1.88 bits per heavy atom. The summed E-state index contributed by atoms with van der Waals surface area (Å²) in [6.45, 7) is 5.72. The summed E-state index contributed by atoms with van der Waals surface area (Å²) in [6.07, 6.45) is 1.03. The third-order valence-electron chi connectivity index (χ3n) is 2.34. The van der Waals surface area contributed by atoms with E-state index in [0.717, 1.165) is 18.5 Å². The highest BCUT2D eigenvalue weighted by atomic mass is 32.2. The number of sulfonamides is 1. The molecule has 0 atom stereocenters. The second-order valence-corrected chi connectivity index (χ2v) is 5.52. The summed E-state index contributed by atoms with van der Waals surface area (Å²) in [4.78, 5) is 0.366. The molecule has 5 heteroatoms. The SMILES string of the molecule is CCCNCc1ccccc1S(=O)(=O)NCC. The van der Waals surface area contributed by atoms with Crippen LogP contribution in [0.5, 0.6) is 0 Å². The zero-order chi connectivity index (χ0) is 12.7. The van der Waals surface area contributed by atoms with Crippen LogP contribution in [0.4, 0.5) is 0 Å². The predicted octanol–water partition coefficient (Wildman–Crippen LogP) is 1.48. The van der Waals surface area contributed by atoms with Gasteiger partial charge in [-0.25, -0.2) is 13.1 Å². The van der Waals surface area contributed by atoms with Gasteiger partial charge in [0, 0.05) is 13.1 Å². The molecule has 4 nitrogen and oxygen atoms in total. The summed E-state index contributed by atoms with van der Waals surface area (Å²) in [5, 5.41) is 3.21. The topological polar surface area (TPSA) is 58.2 Å². The van der Waals surface area contributed by atoms with Crippen LogP contribution in [0.2, 0.25) is 0 Å². The lowest BCUT2D eigenvalue weighted by atomic mass is 10.2. The molecule has 17 heavy (non-hydrogen) atoms. The van der Waals surface area contributed by atoms with E-state index in [9.17, 15) is 8.42 Å². The third kappa shape index (κ3) is 4.11. The van der Waals surface area contributed by atoms with Gasteiger partial charge in [-0.05, 0) is 24.6 Å². The Kier molecular flexibility index (Phi) is 5.61. The summed E-state index contributed by atoms with van der Waals surface area (Å²) in [5.74, 6) is 0. The Morgan fingerprint density at radius 1 is 1.18 bits per heavy atom. The second-order valence-electron chi connectivity index (χ2n) is 3.79. The summed E-state index contributed by atoms with van der Waals surface area (Å²) in [7, 11) is -3.37. The van der Waals surface area contributed by atoms with Crippen molar-refractivity contribution in [1.82, 2.24) is 10.0 Å². The lowest BCUT2D eigenvalue weighted by Crippen LogP contribution is -2.25. The molecule has 0 unspecified atom stereocenters. The van der Waals surface area contributed by atoms with Crippen LogP contribution in [0.1, 0.15) is 25.8 Å². The standard InChI is InChI=1S/C12H20N2O2S/c1-3-9-13-10-11-7-5-6-8-12(11)17(15,16)14-4-2/h5-8,13-14H,3-4,9-10H2,1-2H3. The van der Waals surface area contributed by atoms with Crippen LogP contribution in [0, 0.1) is 0 Å². The molecule has 0 heterocycles. The summed E-state index contributed by atoms with van der Waals surface area (Å²) in [6, 6.07) is 7.08. The lowest BCUT2D eigenvalue weighted by Gasteiger charge is -2.11. The fourth-order valence-corrected chi connectivity index (χ4v) is 2.86. The van der Waals surface area contributed by atoms with Gasteiger partial charge in [-0.15, -0.1) is 0 Å². The van der Waals surface area contributed by atoms with Crippen LogP contribution in [-0.4, -0.2) is 21.5 Å². The molecule has 0 fully saturated rings. The number of hydrogen-bond donors (Lipinski definition) is 2. The molecule has 96 valence electrons. The molecule has 0 bridgehead atoms. The van der Waals surface area contributed by atoms with Gasteiger partial charge in [0.25, 0.3) is 0 Å². The number of nitrogens with one attached hydrogen (secondary N) is 2. The summed E-state index contributed by atoms with van der Waals surface area (Å²) >= 11 is 0. The number of rotatable bonds is 7. The average Bonchev–Trinajstić information content (AvgIpc) is 2.30. The van der Waals surface area contributed by atoms with E-state index in [0.29, 0.717) is 18.0 Å². The van der Waals surface area contributed by atoms with Crippen molar-refractivity contribution in [2.24, 2.45) is 0 Å². The van der Waals surface area contributed by atoms with Gasteiger partial charge in [0.1, 0.15) is 0 Å². The first kappa shape index (κ1) is 14.2. The van der Waals surface area contributed by atoms with E-state index < -0.39 is 10.0 Å². The van der Waals surface area contributed by atoms with Gasteiger partial charge in [-0.2, -0.15) is 0 Å². The molecule has 0 aliphatic rings. The van der Waals surface area contributed by atoms with Crippen LogP contribution in [0.3, 0.4) is 0 Å². The van der Waals surface area contributed by atoms with Crippen molar-refractivity contribution in [2.45, 2.75) is 31.7 Å². The van der Waals surface area contributed by atoms with E-state index in [2.05, 4.69) is 17.0 Å². The molecule has 1 aromatic carbocycles. The van der Waals surface area contributed by atoms with E-state index in [1.54, 1.807) is 19.1 Å². The minimum absolute atomic E-state index is 0.366. The largest absolute Gasteiger partial charge is 0.313 e. The van der Waals surface area contributed by atoms with E-state index in [1.807, 2.05) is 12.1 Å². The van der Waals surface area contributed by atoms with E-state index >= 15 is 0 Å². The van der Waals surface area contributed by atoms with Gasteiger partial charge in [0.05, 0.1) is 4.90 Å². The monoisotopic (exact) mass is 256 g/mol. The van der Waals surface area contributed by atoms with E-state index in [1.165, 1.54) is 0 Å². The van der Waals surface area contributed by atoms with Crippen molar-refractivity contribution < 1.29 is 8.42 Å². The average molecular weight is 256 g/mol. The molecule has 0 spiro atoms. The number of hydrogen-bond acceptors (Lipinski definition) is 3. The smallest absolute Gasteiger partial charge is 0.240 e. The second kappa shape index (κ2) is 6.74. The highest BCUT2D eigenvalue weighted by Gasteiger charge is 2.16. The first-order valence-electron chi connectivity index (χ1n) is 5.90. The highest BCUT2D eigenvalue weighted by Crippen LogP contribution is 2.14. The normalized spacial score (nSPS) is 11.6. The minimum atomic E-state index is -3.37. The van der Waals surface area contributed by atoms with E-state index in [-0.39, 0.29) is 0 Å². The fourth-order valence-electron chi connectivity index (χ4n) is 1.58. The summed E-state index contributed by atoms with van der Waals surface area (Å²) < 4.78 is 26.4. The predicted molar refractivity (Wildman–Crippen MR) is 69.3 cm³/mol. The molecule has 0 saturated carbocycles. The maximum Gasteiger partial charge on any atom is 0.240 e. The molecule has 0 radical (unpaired) electrons. The maximum atomic E-state index is 11.9. The van der Waals surface area contributed by atoms with Gasteiger partial charge in [-0.1, -0.05) is 32.0 Å². The van der Waals surface area contributed by atoms with Crippen LogP contribution in [0.25, 0.3) is 0 Å². The molecule has 0 amide bonds. The first-order chi connectivity index (χ1) is 8.11. The fraction of sp³-hybridized carbons (Fsp3) is 0.500. The van der Waals surface area contributed by atoms with Crippen LogP contribution >= 0.6 is 0 Å². The van der Waals surface area contributed by atoms with Crippen LogP contribution < -0.4 is 10.0 Å². The Bertz CT molecular complexity index is 444. The first-order valence-corrected chi connectivity index (χ1v) is 7.38. The molecule has 0 saturated heterocycles. The Labute approximate surface area is 103 Å². The van der Waals surface area contributed by atoms with Crippen molar-refractivity contribution in [3.63, 3.8) is 0 Å². The molecule has 0 aromatic heterocycles. The highest BCUT2D eigenvalue weighted by molar-refractivity contribution is 7.89. The zero-order valence-electron chi connectivity index (χ0n) is 10.4. The maximum absolute atomic E-state index is 11.9. The quantitative estimate of drug-likeness (QED) is 0.727. The molecule has 0 aliphatic heterocycles. The third-order valence-corrected chi connectivity index (χ3v) is 3.98. The number of benzene rings is 1. The zero-order valence-corrected chi connectivity index (χ0v) is 11.2. The molecule has 1 rings (SSSR count). The molecular weight excluding hydrogens is 236 g/mol. The van der Waals surface area contributed by atoms with Crippen molar-refractivity contribution >= 4 is 10.0 Å². The van der Waals surface area contributed by atoms with Gasteiger partial charge in [0.2, 0.25) is 10.0 Å². The van der Waals surface area contributed by atoms with Crippen LogP contribution in [-0.2, 0) is 16.6 Å². The molecule has 1 aromatic rings. The van der Waals surface area contributed by atoms with E-state index in [4.69, 9.17) is 0 Å². The van der Waals surface area contributed by atoms with Gasteiger partial charge in [-0.3, -0.25) is 0 Å². The molecule has 2 N–H and O–H groups in total. The van der Waals surface area contributed by atoms with Gasteiger partial charge >= 0.3 is 0 Å². The Hall–Kier alpha value is -0.910. The van der Waals surface area contributed by atoms with Gasteiger partial charge < -0.3 is 5.32 Å². The van der Waals surface area contributed by atoms with Crippen LogP contribution in [0.15, 0.2) is 29.2 Å². The van der Waals surface area contributed by atoms with Crippen molar-refractivity contribution in [1.29, 1.82) is 0 Å². The van der Waals surface area contributed by atoms with Crippen molar-refractivity contribution in [3.05, 3.63) is 29.8 Å². The Balaban J connectivity index is 2.91.